The van der Waals surface area contributed by atoms with Crippen molar-refractivity contribution in [3.05, 3.63) is 0 Å². The smallest absolute Gasteiger partial charge is 0.0572 e. The summed E-state index contributed by atoms with van der Waals surface area (Å²) in [4.78, 5) is 0. The molecule has 1 N–H and O–H groups in total. The molecule has 122 valence electrons. The Hall–Kier alpha value is -0.0800. The minimum Gasteiger partial charge on any atom is -0.393 e. The number of hydrogen-bond donors (Lipinski definition) is 1. The summed E-state index contributed by atoms with van der Waals surface area (Å²) in [6, 6.07) is 0. The van der Waals surface area contributed by atoms with Gasteiger partial charge in [-0.25, -0.2) is 0 Å². The van der Waals surface area contributed by atoms with Gasteiger partial charge in [0.05, 0.1) is 6.10 Å². The van der Waals surface area contributed by atoms with Crippen LogP contribution in [0.5, 0.6) is 0 Å². The van der Waals surface area contributed by atoms with Crippen LogP contribution < -0.4 is 0 Å². The molecule has 3 aliphatic rings. The highest BCUT2D eigenvalue weighted by atomic mass is 16.5. The average Bonchev–Trinajstić information content (AvgIpc) is 3.17. The SMILES string of the molecule is CCC1CC(CC)C2C3CC(CC3C(O)CCCOC)C12. The van der Waals surface area contributed by atoms with E-state index in [2.05, 4.69) is 13.8 Å². The van der Waals surface area contributed by atoms with Crippen LogP contribution >= 0.6 is 0 Å². The van der Waals surface area contributed by atoms with E-state index in [1.54, 1.807) is 7.11 Å². The Kier molecular flexibility index (Phi) is 4.95. The lowest BCUT2D eigenvalue weighted by Crippen LogP contribution is -2.35. The first-order valence-electron chi connectivity index (χ1n) is 9.38. The van der Waals surface area contributed by atoms with E-state index in [1.807, 2.05) is 0 Å². The molecule has 0 radical (unpaired) electrons. The third kappa shape index (κ3) is 2.67. The number of ether oxygens (including phenoxy) is 1. The molecule has 3 saturated carbocycles. The van der Waals surface area contributed by atoms with E-state index in [0.717, 1.165) is 55.0 Å². The second-order valence-electron chi connectivity index (χ2n) is 7.99. The van der Waals surface area contributed by atoms with Crippen molar-refractivity contribution in [3.63, 3.8) is 0 Å². The molecule has 8 atom stereocenters. The van der Waals surface area contributed by atoms with Crippen LogP contribution in [-0.4, -0.2) is 24.9 Å². The number of aliphatic hydroxyl groups is 1. The Bertz CT molecular complexity index is 342. The maximum atomic E-state index is 10.6. The Balaban J connectivity index is 1.65. The van der Waals surface area contributed by atoms with Crippen molar-refractivity contribution in [1.82, 2.24) is 0 Å². The lowest BCUT2D eigenvalue weighted by atomic mass is 9.69. The summed E-state index contributed by atoms with van der Waals surface area (Å²) in [6.07, 6.45) is 8.81. The molecule has 2 heteroatoms. The molecular weight excluding hydrogens is 260 g/mol. The molecule has 8 unspecified atom stereocenters. The molecule has 0 spiro atoms. The van der Waals surface area contributed by atoms with Crippen molar-refractivity contribution in [2.24, 2.45) is 41.4 Å². The first kappa shape index (κ1) is 15.8. The van der Waals surface area contributed by atoms with Gasteiger partial charge in [-0.1, -0.05) is 26.7 Å². The summed E-state index contributed by atoms with van der Waals surface area (Å²) >= 11 is 0. The Labute approximate surface area is 130 Å². The molecule has 3 rings (SSSR count). The predicted molar refractivity (Wildman–Crippen MR) is 86.0 cm³/mol. The van der Waals surface area contributed by atoms with E-state index < -0.39 is 0 Å². The summed E-state index contributed by atoms with van der Waals surface area (Å²) in [5.74, 6) is 6.25. The normalized spacial score (nSPS) is 46.0. The summed E-state index contributed by atoms with van der Waals surface area (Å²) in [5, 5.41) is 10.6. The second kappa shape index (κ2) is 6.58. The first-order chi connectivity index (χ1) is 10.2. The second-order valence-corrected chi connectivity index (χ2v) is 7.99. The molecule has 0 amide bonds. The minimum absolute atomic E-state index is 0.0747. The number of methoxy groups -OCH3 is 1. The van der Waals surface area contributed by atoms with E-state index in [1.165, 1.54) is 32.1 Å². The van der Waals surface area contributed by atoms with Crippen molar-refractivity contribution in [1.29, 1.82) is 0 Å². The van der Waals surface area contributed by atoms with Crippen LogP contribution in [0.3, 0.4) is 0 Å². The largest absolute Gasteiger partial charge is 0.393 e. The standard InChI is InChI=1S/C19H34O2/c1-4-12-9-13(5-2)19-16-11-14(18(12)19)10-15(16)17(20)7-6-8-21-3/h12-20H,4-11H2,1-3H3. The number of hydrogen-bond acceptors (Lipinski definition) is 2. The lowest BCUT2D eigenvalue weighted by molar-refractivity contribution is 0.0196. The monoisotopic (exact) mass is 294 g/mol. The Morgan fingerprint density at radius 1 is 1.05 bits per heavy atom. The van der Waals surface area contributed by atoms with E-state index in [0.29, 0.717) is 5.92 Å². The average molecular weight is 294 g/mol. The molecule has 3 fully saturated rings. The summed E-state index contributed by atoms with van der Waals surface area (Å²) in [5.41, 5.74) is 0. The van der Waals surface area contributed by atoms with Crippen molar-refractivity contribution in [3.8, 4) is 0 Å². The van der Waals surface area contributed by atoms with Crippen LogP contribution in [0.1, 0.15) is 58.8 Å². The van der Waals surface area contributed by atoms with Gasteiger partial charge in [-0.15, -0.1) is 0 Å². The van der Waals surface area contributed by atoms with Gasteiger partial charge in [-0.2, -0.15) is 0 Å². The number of rotatable bonds is 7. The fourth-order valence-corrected chi connectivity index (χ4v) is 6.54. The van der Waals surface area contributed by atoms with E-state index in [4.69, 9.17) is 4.74 Å². The van der Waals surface area contributed by atoms with Crippen LogP contribution in [0.15, 0.2) is 0 Å². The minimum atomic E-state index is -0.0747. The van der Waals surface area contributed by atoms with Crippen LogP contribution in [0.4, 0.5) is 0 Å². The third-order valence-corrected chi connectivity index (χ3v) is 7.27. The van der Waals surface area contributed by atoms with Gasteiger partial charge in [0.1, 0.15) is 0 Å². The maximum absolute atomic E-state index is 10.6. The predicted octanol–water partition coefficient (Wildman–Crippen LogP) is 4.12. The molecule has 0 aromatic heterocycles. The van der Waals surface area contributed by atoms with Gasteiger partial charge in [-0.3, -0.25) is 0 Å². The van der Waals surface area contributed by atoms with Gasteiger partial charge in [0.15, 0.2) is 0 Å². The maximum Gasteiger partial charge on any atom is 0.0572 e. The van der Waals surface area contributed by atoms with Gasteiger partial charge in [0, 0.05) is 13.7 Å². The highest BCUT2D eigenvalue weighted by molar-refractivity contribution is 5.08. The molecule has 21 heavy (non-hydrogen) atoms. The van der Waals surface area contributed by atoms with E-state index in [9.17, 15) is 5.11 Å². The molecule has 3 aliphatic carbocycles. The molecule has 0 aliphatic heterocycles. The zero-order valence-corrected chi connectivity index (χ0v) is 14.1. The first-order valence-corrected chi connectivity index (χ1v) is 9.38. The fraction of sp³-hybridized carbons (Fsp3) is 1.00. The Morgan fingerprint density at radius 2 is 1.76 bits per heavy atom. The van der Waals surface area contributed by atoms with E-state index in [-0.39, 0.29) is 6.10 Å². The lowest BCUT2D eigenvalue weighted by Gasteiger charge is -2.38. The number of aliphatic hydroxyl groups excluding tert-OH is 1. The van der Waals surface area contributed by atoms with Crippen LogP contribution in [0.2, 0.25) is 0 Å². The third-order valence-electron chi connectivity index (χ3n) is 7.27. The summed E-state index contributed by atoms with van der Waals surface area (Å²) in [6.45, 7) is 5.57. The zero-order chi connectivity index (χ0) is 15.0. The quantitative estimate of drug-likeness (QED) is 0.716. The molecule has 0 saturated heterocycles. The summed E-state index contributed by atoms with van der Waals surface area (Å²) in [7, 11) is 1.75. The van der Waals surface area contributed by atoms with Crippen molar-refractivity contribution in [2.75, 3.05) is 13.7 Å². The summed E-state index contributed by atoms with van der Waals surface area (Å²) < 4.78 is 5.14. The van der Waals surface area contributed by atoms with Crippen molar-refractivity contribution in [2.45, 2.75) is 64.9 Å². The number of fused-ring (bicyclic) bond motifs is 5. The highest BCUT2D eigenvalue weighted by Gasteiger charge is 2.60. The molecular formula is C19H34O2. The van der Waals surface area contributed by atoms with Crippen LogP contribution in [-0.2, 0) is 4.74 Å². The molecule has 2 nitrogen and oxygen atoms in total. The zero-order valence-electron chi connectivity index (χ0n) is 14.1. The molecule has 2 bridgehead atoms. The molecule has 0 aromatic carbocycles. The van der Waals surface area contributed by atoms with Gasteiger partial charge in [-0.05, 0) is 73.5 Å². The van der Waals surface area contributed by atoms with Gasteiger partial charge in [0.2, 0.25) is 0 Å². The van der Waals surface area contributed by atoms with Gasteiger partial charge < -0.3 is 9.84 Å². The van der Waals surface area contributed by atoms with Crippen LogP contribution in [0.25, 0.3) is 0 Å². The van der Waals surface area contributed by atoms with E-state index >= 15 is 0 Å². The van der Waals surface area contributed by atoms with Gasteiger partial charge >= 0.3 is 0 Å². The van der Waals surface area contributed by atoms with Crippen molar-refractivity contribution >= 4 is 0 Å². The van der Waals surface area contributed by atoms with Crippen molar-refractivity contribution < 1.29 is 9.84 Å². The fourth-order valence-electron chi connectivity index (χ4n) is 6.54. The topological polar surface area (TPSA) is 29.5 Å². The molecule has 0 aromatic rings. The highest BCUT2D eigenvalue weighted by Crippen LogP contribution is 2.66. The Morgan fingerprint density at radius 3 is 2.43 bits per heavy atom. The van der Waals surface area contributed by atoms with Gasteiger partial charge in [0.25, 0.3) is 0 Å². The van der Waals surface area contributed by atoms with Crippen LogP contribution in [0, 0.1) is 41.4 Å². The molecule has 0 heterocycles.